The van der Waals surface area contributed by atoms with Gasteiger partial charge in [0.15, 0.2) is 0 Å². The minimum atomic E-state index is -1.10. The van der Waals surface area contributed by atoms with Gasteiger partial charge < -0.3 is 20.1 Å². The zero-order valence-electron chi connectivity index (χ0n) is 20.4. The van der Waals surface area contributed by atoms with E-state index in [0.29, 0.717) is 5.75 Å². The Labute approximate surface area is 197 Å². The zero-order valence-corrected chi connectivity index (χ0v) is 20.4. The number of amides is 1. The van der Waals surface area contributed by atoms with E-state index in [2.05, 4.69) is 36.8 Å². The monoisotopic (exact) mass is 458 g/mol. The van der Waals surface area contributed by atoms with E-state index < -0.39 is 23.9 Å². The third kappa shape index (κ3) is 7.42. The molecule has 0 aliphatic carbocycles. The predicted molar refractivity (Wildman–Crippen MR) is 128 cm³/mol. The molecule has 33 heavy (non-hydrogen) atoms. The first-order chi connectivity index (χ1) is 15.6. The van der Waals surface area contributed by atoms with Crippen molar-refractivity contribution in [2.45, 2.75) is 70.8 Å². The summed E-state index contributed by atoms with van der Waals surface area (Å²) < 4.78 is 5.56. The van der Waals surface area contributed by atoms with Crippen molar-refractivity contribution in [2.24, 2.45) is 5.92 Å². The third-order valence-electron chi connectivity index (χ3n) is 6.54. The molecule has 2 atom stereocenters. The molecule has 7 heteroatoms. The minimum Gasteiger partial charge on any atom is -0.480 e. The molecule has 0 spiro atoms. The largest absolute Gasteiger partial charge is 0.480 e. The topological polar surface area (TPSA) is 95.9 Å². The minimum absolute atomic E-state index is 0.0163. The van der Waals surface area contributed by atoms with Gasteiger partial charge in [-0.3, -0.25) is 9.59 Å². The Kier molecular flexibility index (Phi) is 9.65. The van der Waals surface area contributed by atoms with Crippen molar-refractivity contribution < 1.29 is 24.2 Å². The molecule has 1 aromatic carbocycles. The molecule has 1 amide bonds. The van der Waals surface area contributed by atoms with Crippen LogP contribution in [0.25, 0.3) is 0 Å². The van der Waals surface area contributed by atoms with Crippen LogP contribution in [0.2, 0.25) is 0 Å². The van der Waals surface area contributed by atoms with Crippen LogP contribution < -0.4 is 10.1 Å². The second-order valence-electron chi connectivity index (χ2n) is 9.47. The SMILES string of the molecule is C=C(CCC(=O)Oc1cccc(C2(CC)CCCCN(C)C2)c1)C(=O)NC(C(=O)O)C(C)C. The van der Waals surface area contributed by atoms with Crippen LogP contribution in [0.3, 0.4) is 0 Å². The van der Waals surface area contributed by atoms with Crippen molar-refractivity contribution in [1.29, 1.82) is 0 Å². The molecule has 1 fully saturated rings. The molecule has 1 aromatic rings. The lowest BCUT2D eigenvalue weighted by Gasteiger charge is -2.35. The highest BCUT2D eigenvalue weighted by Crippen LogP contribution is 2.37. The summed E-state index contributed by atoms with van der Waals surface area (Å²) in [6.45, 7) is 11.4. The number of carboxylic acids is 1. The summed E-state index contributed by atoms with van der Waals surface area (Å²) in [4.78, 5) is 38.3. The number of carbonyl (C=O) groups is 3. The number of esters is 1. The molecular formula is C26H38N2O5. The standard InChI is InChI=1S/C26H38N2O5/c1-6-26(14-7-8-15-28(5)17-26)20-10-9-11-21(16-20)33-22(29)13-12-19(4)24(30)27-23(18(2)3)25(31)32/h9-11,16,18,23H,4,6-8,12-15,17H2,1-3,5H3,(H,27,30)(H,31,32). The van der Waals surface area contributed by atoms with E-state index in [0.717, 1.165) is 25.9 Å². The fourth-order valence-electron chi connectivity index (χ4n) is 4.44. The van der Waals surface area contributed by atoms with Crippen LogP contribution in [-0.2, 0) is 19.8 Å². The van der Waals surface area contributed by atoms with Crippen LogP contribution in [0.5, 0.6) is 5.75 Å². The van der Waals surface area contributed by atoms with Gasteiger partial charge >= 0.3 is 11.9 Å². The van der Waals surface area contributed by atoms with Gasteiger partial charge in [-0.05, 0) is 62.9 Å². The normalized spacial score (nSPS) is 20.0. The summed E-state index contributed by atoms with van der Waals surface area (Å²) in [5.74, 6) is -1.89. The Balaban J connectivity index is 1.97. The van der Waals surface area contributed by atoms with Crippen LogP contribution in [-0.4, -0.2) is 54.0 Å². The number of aliphatic carboxylic acids is 1. The summed E-state index contributed by atoms with van der Waals surface area (Å²) in [7, 11) is 2.16. The fourth-order valence-corrected chi connectivity index (χ4v) is 4.44. The number of nitrogens with zero attached hydrogens (tertiary/aromatic N) is 1. The lowest BCUT2D eigenvalue weighted by atomic mass is 9.74. The van der Waals surface area contributed by atoms with Gasteiger partial charge in [-0.2, -0.15) is 0 Å². The van der Waals surface area contributed by atoms with Crippen LogP contribution in [0, 0.1) is 5.92 Å². The summed E-state index contributed by atoms with van der Waals surface area (Å²) in [5, 5.41) is 11.7. The molecule has 1 heterocycles. The summed E-state index contributed by atoms with van der Waals surface area (Å²) in [6.07, 6.45) is 4.56. The van der Waals surface area contributed by atoms with E-state index in [1.165, 1.54) is 18.4 Å². The number of carboxylic acid groups (broad SMARTS) is 1. The Morgan fingerprint density at radius 2 is 1.97 bits per heavy atom. The number of hydrogen-bond donors (Lipinski definition) is 2. The van der Waals surface area contributed by atoms with Crippen molar-refractivity contribution in [3.8, 4) is 5.75 Å². The number of ether oxygens (including phenoxy) is 1. The second-order valence-corrected chi connectivity index (χ2v) is 9.47. The highest BCUT2D eigenvalue weighted by atomic mass is 16.5. The average Bonchev–Trinajstić information content (AvgIpc) is 2.97. The van der Waals surface area contributed by atoms with Gasteiger partial charge in [0.2, 0.25) is 5.91 Å². The van der Waals surface area contributed by atoms with Crippen molar-refractivity contribution >= 4 is 17.8 Å². The summed E-state index contributed by atoms with van der Waals surface area (Å²) >= 11 is 0. The fraction of sp³-hybridized carbons (Fsp3) is 0.577. The smallest absolute Gasteiger partial charge is 0.326 e. The van der Waals surface area contributed by atoms with Gasteiger partial charge in [0.1, 0.15) is 11.8 Å². The van der Waals surface area contributed by atoms with Crippen LogP contribution in [0.15, 0.2) is 36.4 Å². The van der Waals surface area contributed by atoms with E-state index >= 15 is 0 Å². The molecule has 1 saturated heterocycles. The first-order valence-corrected chi connectivity index (χ1v) is 11.8. The molecule has 0 bridgehead atoms. The molecule has 2 N–H and O–H groups in total. The van der Waals surface area contributed by atoms with Gasteiger partial charge in [0.05, 0.1) is 6.42 Å². The maximum atomic E-state index is 12.4. The molecule has 1 aliphatic heterocycles. The molecular weight excluding hydrogens is 420 g/mol. The van der Waals surface area contributed by atoms with Crippen molar-refractivity contribution in [1.82, 2.24) is 10.2 Å². The van der Waals surface area contributed by atoms with E-state index in [1.54, 1.807) is 19.9 Å². The van der Waals surface area contributed by atoms with E-state index in [1.807, 2.05) is 12.1 Å². The highest BCUT2D eigenvalue weighted by molar-refractivity contribution is 5.95. The maximum absolute atomic E-state index is 12.4. The Morgan fingerprint density at radius 1 is 1.24 bits per heavy atom. The first-order valence-electron chi connectivity index (χ1n) is 11.8. The van der Waals surface area contributed by atoms with Crippen LogP contribution in [0.4, 0.5) is 0 Å². The lowest BCUT2D eigenvalue weighted by Crippen LogP contribution is -2.44. The van der Waals surface area contributed by atoms with Gasteiger partial charge in [0, 0.05) is 17.5 Å². The first kappa shape index (κ1) is 26.6. The third-order valence-corrected chi connectivity index (χ3v) is 6.54. The Hall–Kier alpha value is -2.67. The Morgan fingerprint density at radius 3 is 2.61 bits per heavy atom. The second kappa shape index (κ2) is 12.0. The highest BCUT2D eigenvalue weighted by Gasteiger charge is 2.33. The summed E-state index contributed by atoms with van der Waals surface area (Å²) in [5.41, 5.74) is 1.37. The molecule has 0 saturated carbocycles. The van der Waals surface area contributed by atoms with Crippen molar-refractivity contribution in [3.63, 3.8) is 0 Å². The van der Waals surface area contributed by atoms with E-state index in [4.69, 9.17) is 4.74 Å². The summed E-state index contributed by atoms with van der Waals surface area (Å²) in [6, 6.07) is 6.76. The number of likely N-dealkylation sites (tertiary alicyclic amines) is 1. The predicted octanol–water partition coefficient (Wildman–Crippen LogP) is 3.92. The molecule has 2 rings (SSSR count). The number of rotatable bonds is 10. The van der Waals surface area contributed by atoms with Gasteiger partial charge in [-0.25, -0.2) is 4.79 Å². The number of carbonyl (C=O) groups excluding carboxylic acids is 2. The van der Waals surface area contributed by atoms with E-state index in [-0.39, 0.29) is 29.7 Å². The van der Waals surface area contributed by atoms with Crippen LogP contribution in [0.1, 0.15) is 64.9 Å². The lowest BCUT2D eigenvalue weighted by molar-refractivity contribution is -0.142. The Bertz CT molecular complexity index is 866. The molecule has 2 unspecified atom stereocenters. The zero-order chi connectivity index (χ0) is 24.6. The van der Waals surface area contributed by atoms with Crippen LogP contribution >= 0.6 is 0 Å². The maximum Gasteiger partial charge on any atom is 0.326 e. The number of hydrogen-bond acceptors (Lipinski definition) is 5. The van der Waals surface area contributed by atoms with E-state index in [9.17, 15) is 19.5 Å². The van der Waals surface area contributed by atoms with Gasteiger partial charge in [-0.1, -0.05) is 45.9 Å². The molecule has 1 aliphatic rings. The van der Waals surface area contributed by atoms with Gasteiger partial charge in [0.25, 0.3) is 0 Å². The molecule has 182 valence electrons. The molecule has 7 nitrogen and oxygen atoms in total. The van der Waals surface area contributed by atoms with Crippen molar-refractivity contribution in [2.75, 3.05) is 20.1 Å². The molecule has 0 radical (unpaired) electrons. The average molecular weight is 459 g/mol. The van der Waals surface area contributed by atoms with Gasteiger partial charge in [-0.15, -0.1) is 0 Å². The van der Waals surface area contributed by atoms with Crippen molar-refractivity contribution in [3.05, 3.63) is 42.0 Å². The number of likely N-dealkylation sites (N-methyl/N-ethyl adjacent to an activating group) is 1. The number of benzene rings is 1. The molecule has 0 aromatic heterocycles. The number of nitrogens with one attached hydrogen (secondary N) is 1. The quantitative estimate of drug-likeness (QED) is 0.313.